The summed E-state index contributed by atoms with van der Waals surface area (Å²) >= 11 is 11.3. The summed E-state index contributed by atoms with van der Waals surface area (Å²) in [5.74, 6) is -1.41. The monoisotopic (exact) mass is 255 g/mol. The molecule has 0 aliphatic carbocycles. The number of nitrogens with two attached hydrogens (primary N) is 1. The summed E-state index contributed by atoms with van der Waals surface area (Å²) in [4.78, 5) is 17.7. The molecule has 7 heteroatoms. The molecule has 0 aromatic heterocycles. The van der Waals surface area contributed by atoms with E-state index in [4.69, 9.17) is 38.7 Å². The van der Waals surface area contributed by atoms with Crippen LogP contribution in [0.25, 0.3) is 0 Å². The van der Waals surface area contributed by atoms with E-state index in [9.17, 15) is 4.57 Å². The maximum absolute atomic E-state index is 10.8. The molecule has 4 N–H and O–H groups in total. The third-order valence-corrected chi connectivity index (χ3v) is 3.21. The molecule has 1 atom stereocenters. The second kappa shape index (κ2) is 4.19. The van der Waals surface area contributed by atoms with Gasteiger partial charge in [0.25, 0.3) is 0 Å². The summed E-state index contributed by atoms with van der Waals surface area (Å²) in [6.45, 7) is 0. The van der Waals surface area contributed by atoms with Crippen molar-refractivity contribution in [3.05, 3.63) is 33.8 Å². The quantitative estimate of drug-likeness (QED) is 0.707. The highest BCUT2D eigenvalue weighted by molar-refractivity contribution is 7.52. The van der Waals surface area contributed by atoms with Crippen LogP contribution in [0, 0.1) is 0 Å². The Balaban J connectivity index is 3.14. The second-order valence-electron chi connectivity index (χ2n) is 2.70. The lowest BCUT2D eigenvalue weighted by molar-refractivity contribution is 0.359. The Labute approximate surface area is 90.8 Å². The van der Waals surface area contributed by atoms with E-state index in [0.717, 1.165) is 0 Å². The van der Waals surface area contributed by atoms with E-state index in [0.29, 0.717) is 5.02 Å². The molecule has 0 aliphatic rings. The first-order valence-corrected chi connectivity index (χ1v) is 6.02. The highest BCUT2D eigenvalue weighted by Gasteiger charge is 2.27. The Kier molecular flexibility index (Phi) is 3.58. The Morgan fingerprint density at radius 2 is 1.93 bits per heavy atom. The minimum atomic E-state index is -4.37. The van der Waals surface area contributed by atoms with Gasteiger partial charge in [-0.25, -0.2) is 0 Å². The van der Waals surface area contributed by atoms with Gasteiger partial charge >= 0.3 is 7.60 Å². The van der Waals surface area contributed by atoms with Crippen molar-refractivity contribution in [3.63, 3.8) is 0 Å². The fourth-order valence-corrected chi connectivity index (χ4v) is 2.11. The molecule has 1 rings (SSSR count). The largest absolute Gasteiger partial charge is 0.346 e. The minimum absolute atomic E-state index is 0.147. The molecular formula is C7H8Cl2NO3P. The molecule has 78 valence electrons. The third kappa shape index (κ3) is 2.70. The Bertz CT molecular complexity index is 393. The van der Waals surface area contributed by atoms with Gasteiger partial charge in [-0.3, -0.25) is 4.57 Å². The van der Waals surface area contributed by atoms with Crippen LogP contribution in [0.15, 0.2) is 18.2 Å². The van der Waals surface area contributed by atoms with Gasteiger partial charge in [0.15, 0.2) is 0 Å². The molecule has 1 aromatic rings. The number of benzene rings is 1. The molecule has 0 bridgehead atoms. The fourth-order valence-electron chi connectivity index (χ4n) is 0.923. The first-order valence-electron chi connectivity index (χ1n) is 3.58. The van der Waals surface area contributed by atoms with Crippen molar-refractivity contribution in [2.24, 2.45) is 5.73 Å². The maximum Gasteiger partial charge on any atom is 0.346 e. The maximum atomic E-state index is 10.8. The van der Waals surface area contributed by atoms with Gasteiger partial charge in [-0.05, 0) is 17.7 Å². The van der Waals surface area contributed by atoms with Crippen LogP contribution in [0.5, 0.6) is 0 Å². The number of hydrogen-bond donors (Lipinski definition) is 3. The number of rotatable bonds is 2. The van der Waals surface area contributed by atoms with E-state index in [1.54, 1.807) is 0 Å². The Morgan fingerprint density at radius 3 is 2.36 bits per heavy atom. The Morgan fingerprint density at radius 1 is 1.36 bits per heavy atom. The van der Waals surface area contributed by atoms with Gasteiger partial charge in [-0.1, -0.05) is 29.3 Å². The van der Waals surface area contributed by atoms with Crippen LogP contribution in [-0.4, -0.2) is 9.79 Å². The van der Waals surface area contributed by atoms with Crippen molar-refractivity contribution >= 4 is 30.8 Å². The average molecular weight is 256 g/mol. The molecule has 0 unspecified atom stereocenters. The van der Waals surface area contributed by atoms with Crippen molar-refractivity contribution in [3.8, 4) is 0 Å². The SMILES string of the molecule is N[C@H](c1ccc(Cl)cc1Cl)P(=O)(O)O. The summed E-state index contributed by atoms with van der Waals surface area (Å²) in [6.07, 6.45) is 0. The van der Waals surface area contributed by atoms with Crippen molar-refractivity contribution in [2.75, 3.05) is 0 Å². The van der Waals surface area contributed by atoms with Gasteiger partial charge < -0.3 is 15.5 Å². The molecule has 1 aromatic carbocycles. The molecule has 0 spiro atoms. The highest BCUT2D eigenvalue weighted by Crippen LogP contribution is 2.49. The standard InChI is InChI=1S/C7H8Cl2NO3P/c8-4-1-2-5(6(9)3-4)7(10)14(11,12)13/h1-3,7H,10H2,(H2,11,12,13)/t7-/m0/s1. The predicted molar refractivity (Wildman–Crippen MR) is 55.4 cm³/mol. The zero-order valence-corrected chi connectivity index (χ0v) is 9.30. The first-order chi connectivity index (χ1) is 6.32. The molecular weight excluding hydrogens is 248 g/mol. The smallest absolute Gasteiger partial charge is 0.323 e. The molecule has 0 saturated carbocycles. The second-order valence-corrected chi connectivity index (χ2v) is 5.28. The molecule has 0 amide bonds. The lowest BCUT2D eigenvalue weighted by Crippen LogP contribution is -2.10. The summed E-state index contributed by atoms with van der Waals surface area (Å²) in [7, 11) is -4.37. The van der Waals surface area contributed by atoms with Crippen molar-refractivity contribution in [1.82, 2.24) is 0 Å². The van der Waals surface area contributed by atoms with Crippen molar-refractivity contribution in [2.45, 2.75) is 5.78 Å². The van der Waals surface area contributed by atoms with Crippen molar-refractivity contribution < 1.29 is 14.4 Å². The molecule has 0 fully saturated rings. The van der Waals surface area contributed by atoms with E-state index < -0.39 is 13.4 Å². The van der Waals surface area contributed by atoms with Crippen LogP contribution in [0.3, 0.4) is 0 Å². The first kappa shape index (κ1) is 12.0. The van der Waals surface area contributed by atoms with Gasteiger partial charge in [-0.2, -0.15) is 0 Å². The van der Waals surface area contributed by atoms with Gasteiger partial charge in [0.1, 0.15) is 5.78 Å². The van der Waals surface area contributed by atoms with Crippen molar-refractivity contribution in [1.29, 1.82) is 0 Å². The third-order valence-electron chi connectivity index (χ3n) is 1.64. The summed E-state index contributed by atoms with van der Waals surface area (Å²) in [5, 5.41) is 0.532. The molecule has 0 aliphatic heterocycles. The van der Waals surface area contributed by atoms with Gasteiger partial charge in [0.05, 0.1) is 0 Å². The van der Waals surface area contributed by atoms with Crippen LogP contribution in [0.1, 0.15) is 11.3 Å². The molecule has 4 nitrogen and oxygen atoms in total. The number of hydrogen-bond acceptors (Lipinski definition) is 2. The van der Waals surface area contributed by atoms with E-state index in [2.05, 4.69) is 0 Å². The van der Waals surface area contributed by atoms with Crippen LogP contribution in [-0.2, 0) is 4.57 Å². The van der Waals surface area contributed by atoms with Gasteiger partial charge in [0, 0.05) is 10.0 Å². The van der Waals surface area contributed by atoms with Crippen LogP contribution in [0.2, 0.25) is 10.0 Å². The van der Waals surface area contributed by atoms with Crippen LogP contribution in [0.4, 0.5) is 0 Å². The van der Waals surface area contributed by atoms with Gasteiger partial charge in [0.2, 0.25) is 0 Å². The molecule has 0 heterocycles. The number of halogens is 2. The van der Waals surface area contributed by atoms with Gasteiger partial charge in [-0.15, -0.1) is 0 Å². The lowest BCUT2D eigenvalue weighted by atomic mass is 10.2. The van der Waals surface area contributed by atoms with Crippen LogP contribution < -0.4 is 5.73 Å². The molecule has 14 heavy (non-hydrogen) atoms. The topological polar surface area (TPSA) is 83.6 Å². The minimum Gasteiger partial charge on any atom is -0.323 e. The molecule has 0 saturated heterocycles. The predicted octanol–water partition coefficient (Wildman–Crippen LogP) is 2.13. The summed E-state index contributed by atoms with van der Waals surface area (Å²) in [5.41, 5.74) is 5.52. The van der Waals surface area contributed by atoms with E-state index in [-0.39, 0.29) is 10.6 Å². The zero-order valence-electron chi connectivity index (χ0n) is 6.89. The van der Waals surface area contributed by atoms with E-state index in [1.807, 2.05) is 0 Å². The molecule has 0 radical (unpaired) electrons. The van der Waals surface area contributed by atoms with Crippen LogP contribution >= 0.6 is 30.8 Å². The van der Waals surface area contributed by atoms with E-state index >= 15 is 0 Å². The highest BCUT2D eigenvalue weighted by atomic mass is 35.5. The van der Waals surface area contributed by atoms with E-state index in [1.165, 1.54) is 18.2 Å². The zero-order chi connectivity index (χ0) is 10.9. The average Bonchev–Trinajstić information content (AvgIpc) is 2.01. The summed E-state index contributed by atoms with van der Waals surface area (Å²) < 4.78 is 10.8. The lowest BCUT2D eigenvalue weighted by Gasteiger charge is -2.14. The Hall–Kier alpha value is -0.0900. The normalized spacial score (nSPS) is 14.1. The fraction of sp³-hybridized carbons (Fsp3) is 0.143. The summed E-state index contributed by atoms with van der Waals surface area (Å²) in [6, 6.07) is 4.25.